The molecule has 0 radical (unpaired) electrons. The number of piperidine rings is 1. The van der Waals surface area contributed by atoms with Gasteiger partial charge in [0.05, 0.1) is 17.7 Å². The zero-order valence-electron chi connectivity index (χ0n) is 13.6. The normalized spacial score (nSPS) is 23.8. The first-order chi connectivity index (χ1) is 10.8. The second-order valence-corrected chi connectivity index (χ2v) is 7.55. The van der Waals surface area contributed by atoms with E-state index in [0.29, 0.717) is 11.7 Å². The molecule has 2 aliphatic rings. The van der Waals surface area contributed by atoms with Gasteiger partial charge in [-0.3, -0.25) is 4.79 Å². The first-order valence-corrected chi connectivity index (χ1v) is 9.92. The predicted molar refractivity (Wildman–Crippen MR) is 91.8 cm³/mol. The third-order valence-corrected chi connectivity index (χ3v) is 5.61. The van der Waals surface area contributed by atoms with E-state index in [4.69, 9.17) is 5.26 Å². The molecule has 0 N–H and O–H groups in total. The maximum Gasteiger partial charge on any atom is 0.226 e. The zero-order chi connectivity index (χ0) is 15.6. The molecule has 1 atom stereocenters. The fourth-order valence-electron chi connectivity index (χ4n) is 3.52. The maximum absolute atomic E-state index is 12.7. The molecule has 2 fully saturated rings. The summed E-state index contributed by atoms with van der Waals surface area (Å²) in [5.41, 5.74) is 0. The molecule has 1 amide bonds. The van der Waals surface area contributed by atoms with Gasteiger partial charge in [0.2, 0.25) is 5.91 Å². The first-order valence-electron chi connectivity index (χ1n) is 8.77. The van der Waals surface area contributed by atoms with E-state index in [-0.39, 0.29) is 5.92 Å². The fraction of sp³-hybridized carbons (Fsp3) is 0.882. The highest BCUT2D eigenvalue weighted by molar-refractivity contribution is 7.99. The third kappa shape index (κ3) is 5.81. The van der Waals surface area contributed by atoms with Crippen molar-refractivity contribution in [3.63, 3.8) is 0 Å². The second-order valence-electron chi connectivity index (χ2n) is 6.44. The minimum absolute atomic E-state index is 0.221. The molecule has 0 spiro atoms. The summed E-state index contributed by atoms with van der Waals surface area (Å²) in [6.07, 6.45) is 8.25. The number of carbonyl (C=O) groups excluding carboxylic acids is 1. The van der Waals surface area contributed by atoms with E-state index in [1.54, 1.807) is 11.8 Å². The molecule has 5 heteroatoms. The highest BCUT2D eigenvalue weighted by atomic mass is 32.2. The number of thioether (sulfide) groups is 1. The van der Waals surface area contributed by atoms with Gasteiger partial charge in [0, 0.05) is 19.6 Å². The molecule has 0 aromatic heterocycles. The van der Waals surface area contributed by atoms with Gasteiger partial charge in [-0.25, -0.2) is 0 Å². The fourth-order valence-corrected chi connectivity index (χ4v) is 4.09. The number of rotatable bonds is 6. The Morgan fingerprint density at radius 1 is 1.14 bits per heavy atom. The van der Waals surface area contributed by atoms with Crippen LogP contribution in [0.4, 0.5) is 0 Å². The van der Waals surface area contributed by atoms with Crippen LogP contribution in [-0.4, -0.2) is 59.9 Å². The summed E-state index contributed by atoms with van der Waals surface area (Å²) in [5, 5.41) is 8.53. The Hall–Kier alpha value is -0.730. The minimum Gasteiger partial charge on any atom is -0.342 e. The van der Waals surface area contributed by atoms with Gasteiger partial charge in [0.15, 0.2) is 0 Å². The van der Waals surface area contributed by atoms with Crippen LogP contribution in [0.25, 0.3) is 0 Å². The largest absolute Gasteiger partial charge is 0.342 e. The quantitative estimate of drug-likeness (QED) is 0.705. The maximum atomic E-state index is 12.7. The van der Waals surface area contributed by atoms with Crippen molar-refractivity contribution in [3.8, 4) is 6.07 Å². The Labute approximate surface area is 139 Å². The number of hydrogen-bond acceptors (Lipinski definition) is 4. The van der Waals surface area contributed by atoms with Gasteiger partial charge in [-0.1, -0.05) is 12.8 Å². The molecule has 0 aromatic rings. The van der Waals surface area contributed by atoms with Crippen LogP contribution in [0.5, 0.6) is 0 Å². The summed E-state index contributed by atoms with van der Waals surface area (Å²) in [7, 11) is 0. The molecule has 0 bridgehead atoms. The molecule has 22 heavy (non-hydrogen) atoms. The molecule has 2 saturated heterocycles. The Kier molecular flexibility index (Phi) is 8.11. The van der Waals surface area contributed by atoms with Gasteiger partial charge in [-0.05, 0) is 50.9 Å². The zero-order valence-corrected chi connectivity index (χ0v) is 14.5. The van der Waals surface area contributed by atoms with E-state index in [0.717, 1.165) is 57.7 Å². The minimum atomic E-state index is 0.221. The van der Waals surface area contributed by atoms with Crippen LogP contribution in [0, 0.1) is 17.2 Å². The number of carbonyl (C=O) groups is 1. The van der Waals surface area contributed by atoms with E-state index >= 15 is 0 Å². The average Bonchev–Trinajstić information content (AvgIpc) is 2.83. The molecule has 0 aliphatic carbocycles. The molecule has 2 aliphatic heterocycles. The molecular formula is C17H29N3OS. The standard InChI is InChI=1S/C17H29N3OS/c18-8-14-22-13-6-10-19-9-5-7-16(15-19)17(21)20-11-3-1-2-4-12-20/h16H,1-7,9-15H2/t16-/m0/s1. The summed E-state index contributed by atoms with van der Waals surface area (Å²) >= 11 is 1.71. The third-order valence-electron chi connectivity index (χ3n) is 4.70. The van der Waals surface area contributed by atoms with Crippen molar-refractivity contribution in [2.75, 3.05) is 44.2 Å². The van der Waals surface area contributed by atoms with Crippen molar-refractivity contribution in [1.29, 1.82) is 5.26 Å². The van der Waals surface area contributed by atoms with E-state index in [9.17, 15) is 4.79 Å². The van der Waals surface area contributed by atoms with Crippen LogP contribution in [0.3, 0.4) is 0 Å². The lowest BCUT2D eigenvalue weighted by Crippen LogP contribution is -2.45. The summed E-state index contributed by atoms with van der Waals surface area (Å²) < 4.78 is 0. The lowest BCUT2D eigenvalue weighted by atomic mass is 9.96. The molecule has 2 rings (SSSR count). The first kappa shape index (κ1) is 17.6. The molecule has 0 unspecified atom stereocenters. The lowest BCUT2D eigenvalue weighted by Gasteiger charge is -2.34. The predicted octanol–water partition coefficient (Wildman–Crippen LogP) is 2.75. The van der Waals surface area contributed by atoms with Gasteiger partial charge < -0.3 is 9.80 Å². The van der Waals surface area contributed by atoms with Crippen molar-refractivity contribution < 1.29 is 4.79 Å². The van der Waals surface area contributed by atoms with Crippen LogP contribution >= 0.6 is 11.8 Å². The van der Waals surface area contributed by atoms with E-state index < -0.39 is 0 Å². The number of likely N-dealkylation sites (tertiary alicyclic amines) is 2. The van der Waals surface area contributed by atoms with Crippen LogP contribution in [0.2, 0.25) is 0 Å². The second kappa shape index (κ2) is 10.1. The average molecular weight is 324 g/mol. The smallest absolute Gasteiger partial charge is 0.226 e. The SMILES string of the molecule is N#CCSCCCN1CCC[C@H](C(=O)N2CCCCCC2)C1. The Morgan fingerprint density at radius 3 is 2.64 bits per heavy atom. The van der Waals surface area contributed by atoms with E-state index in [2.05, 4.69) is 15.9 Å². The molecule has 0 saturated carbocycles. The summed E-state index contributed by atoms with van der Waals surface area (Å²) in [4.78, 5) is 17.3. The number of nitrogens with zero attached hydrogens (tertiary/aromatic N) is 3. The summed E-state index contributed by atoms with van der Waals surface area (Å²) in [6, 6.07) is 2.17. The Bertz CT molecular complexity index is 375. The topological polar surface area (TPSA) is 47.3 Å². The number of hydrogen-bond donors (Lipinski definition) is 0. The molecular weight excluding hydrogens is 294 g/mol. The van der Waals surface area contributed by atoms with Crippen LogP contribution < -0.4 is 0 Å². The summed E-state index contributed by atoms with van der Waals surface area (Å²) in [5.74, 6) is 2.27. The van der Waals surface area contributed by atoms with Crippen molar-refractivity contribution in [1.82, 2.24) is 9.80 Å². The number of amides is 1. The van der Waals surface area contributed by atoms with Gasteiger partial charge in [-0.2, -0.15) is 5.26 Å². The van der Waals surface area contributed by atoms with Gasteiger partial charge in [0.1, 0.15) is 0 Å². The van der Waals surface area contributed by atoms with Crippen molar-refractivity contribution >= 4 is 17.7 Å². The van der Waals surface area contributed by atoms with Crippen LogP contribution in [-0.2, 0) is 4.79 Å². The molecule has 124 valence electrons. The van der Waals surface area contributed by atoms with Crippen molar-refractivity contribution in [2.24, 2.45) is 5.92 Å². The van der Waals surface area contributed by atoms with Crippen LogP contribution in [0.15, 0.2) is 0 Å². The molecule has 2 heterocycles. The van der Waals surface area contributed by atoms with Crippen molar-refractivity contribution in [2.45, 2.75) is 44.9 Å². The van der Waals surface area contributed by atoms with E-state index in [1.165, 1.54) is 25.7 Å². The highest BCUT2D eigenvalue weighted by Gasteiger charge is 2.29. The Morgan fingerprint density at radius 2 is 1.91 bits per heavy atom. The Balaban J connectivity index is 1.72. The van der Waals surface area contributed by atoms with Gasteiger partial charge >= 0.3 is 0 Å². The van der Waals surface area contributed by atoms with Gasteiger partial charge in [0.25, 0.3) is 0 Å². The summed E-state index contributed by atoms with van der Waals surface area (Å²) in [6.45, 7) is 5.09. The number of nitriles is 1. The van der Waals surface area contributed by atoms with Crippen LogP contribution in [0.1, 0.15) is 44.9 Å². The highest BCUT2D eigenvalue weighted by Crippen LogP contribution is 2.21. The lowest BCUT2D eigenvalue weighted by molar-refractivity contribution is -0.137. The van der Waals surface area contributed by atoms with Gasteiger partial charge in [-0.15, -0.1) is 11.8 Å². The van der Waals surface area contributed by atoms with Crippen molar-refractivity contribution in [3.05, 3.63) is 0 Å². The molecule has 4 nitrogen and oxygen atoms in total. The molecule has 0 aromatic carbocycles. The van der Waals surface area contributed by atoms with E-state index in [1.807, 2.05) is 0 Å². The monoisotopic (exact) mass is 323 g/mol.